The highest BCUT2D eigenvalue weighted by Gasteiger charge is 2.13. The summed E-state index contributed by atoms with van der Waals surface area (Å²) in [5, 5.41) is 0. The van der Waals surface area contributed by atoms with Crippen molar-refractivity contribution in [2.75, 3.05) is 0 Å². The predicted octanol–water partition coefficient (Wildman–Crippen LogP) is 6.90. The molecule has 2 N–H and O–H groups in total. The Morgan fingerprint density at radius 1 is 0.964 bits per heavy atom. The summed E-state index contributed by atoms with van der Waals surface area (Å²) < 4.78 is 0. The van der Waals surface area contributed by atoms with Crippen molar-refractivity contribution in [2.45, 2.75) is 20.3 Å². The standard InChI is InChI=1S/C27H29N/c1-4-23(17-10-7-6-8-15-21-28)25(5-2)27(24-18-11-9-12-19-24)26-20-14-13-16-22(26)3/h4-6,8-21H,2,7,28H2,1,3H3/b8-6-,17-10+,21-15-,23-4?,27-25+. The van der Waals surface area contributed by atoms with Crippen LogP contribution in [0.1, 0.15) is 30.0 Å². The second-order valence-corrected chi connectivity index (χ2v) is 6.37. The van der Waals surface area contributed by atoms with Crippen LogP contribution in [-0.4, -0.2) is 0 Å². The van der Waals surface area contributed by atoms with Gasteiger partial charge in [0.2, 0.25) is 0 Å². The van der Waals surface area contributed by atoms with Crippen molar-refractivity contribution in [1.29, 1.82) is 0 Å². The van der Waals surface area contributed by atoms with Gasteiger partial charge in [0.15, 0.2) is 0 Å². The molecule has 0 bridgehead atoms. The van der Waals surface area contributed by atoms with Crippen molar-refractivity contribution < 1.29 is 0 Å². The monoisotopic (exact) mass is 367 g/mol. The van der Waals surface area contributed by atoms with Crippen LogP contribution in [0.4, 0.5) is 0 Å². The fraction of sp³-hybridized carbons (Fsp3) is 0.111. The summed E-state index contributed by atoms with van der Waals surface area (Å²) in [6.07, 6.45) is 16.6. The van der Waals surface area contributed by atoms with Crippen molar-refractivity contribution in [3.63, 3.8) is 0 Å². The molecule has 0 fully saturated rings. The predicted molar refractivity (Wildman–Crippen MR) is 124 cm³/mol. The average Bonchev–Trinajstić information content (AvgIpc) is 2.73. The van der Waals surface area contributed by atoms with Crippen LogP contribution in [0.5, 0.6) is 0 Å². The molecule has 2 rings (SSSR count). The first-order valence-electron chi connectivity index (χ1n) is 9.57. The second-order valence-electron chi connectivity index (χ2n) is 6.37. The summed E-state index contributed by atoms with van der Waals surface area (Å²) in [6, 6.07) is 19.0. The Hall–Kier alpha value is -3.32. The summed E-state index contributed by atoms with van der Waals surface area (Å²) in [7, 11) is 0. The molecule has 0 aliphatic heterocycles. The van der Waals surface area contributed by atoms with Crippen LogP contribution in [0.3, 0.4) is 0 Å². The first kappa shape index (κ1) is 21.0. The molecule has 0 spiro atoms. The minimum Gasteiger partial charge on any atom is -0.405 e. The molecule has 1 heteroatoms. The Balaban J connectivity index is 2.56. The number of aryl methyl sites for hydroxylation is 1. The van der Waals surface area contributed by atoms with E-state index < -0.39 is 0 Å². The maximum atomic E-state index is 5.35. The Labute approximate surface area is 169 Å². The van der Waals surface area contributed by atoms with Gasteiger partial charge < -0.3 is 5.73 Å². The minimum atomic E-state index is 0.844. The SMILES string of the molecule is C=C/C(C(=CC)/C=C/C/C=C\C=C/N)=C(/c1ccccc1)c1ccccc1C. The van der Waals surface area contributed by atoms with E-state index >= 15 is 0 Å². The fourth-order valence-corrected chi connectivity index (χ4v) is 3.11. The minimum absolute atomic E-state index is 0.844. The number of rotatable bonds is 8. The van der Waals surface area contributed by atoms with Gasteiger partial charge in [0.25, 0.3) is 0 Å². The molecule has 0 radical (unpaired) electrons. The van der Waals surface area contributed by atoms with Gasteiger partial charge in [-0.05, 0) is 66.0 Å². The van der Waals surface area contributed by atoms with Crippen LogP contribution in [0, 0.1) is 6.92 Å². The Morgan fingerprint density at radius 3 is 2.32 bits per heavy atom. The summed E-state index contributed by atoms with van der Waals surface area (Å²) >= 11 is 0. The number of hydrogen-bond donors (Lipinski definition) is 1. The van der Waals surface area contributed by atoms with Gasteiger partial charge in [-0.3, -0.25) is 0 Å². The van der Waals surface area contributed by atoms with Crippen molar-refractivity contribution in [1.82, 2.24) is 0 Å². The topological polar surface area (TPSA) is 26.0 Å². The molecule has 0 saturated heterocycles. The summed E-state index contributed by atoms with van der Waals surface area (Å²) in [4.78, 5) is 0. The maximum absolute atomic E-state index is 5.35. The lowest BCUT2D eigenvalue weighted by Crippen LogP contribution is -1.97. The lowest BCUT2D eigenvalue weighted by atomic mass is 9.87. The Bertz CT molecular complexity index is 922. The molecule has 0 unspecified atom stereocenters. The normalized spacial score (nSPS) is 13.4. The molecule has 28 heavy (non-hydrogen) atoms. The van der Waals surface area contributed by atoms with Crippen LogP contribution in [0.15, 0.2) is 121 Å². The molecule has 0 saturated carbocycles. The molecule has 0 atom stereocenters. The smallest absolute Gasteiger partial charge is 0.00305 e. The highest BCUT2D eigenvalue weighted by molar-refractivity contribution is 5.88. The number of hydrogen-bond acceptors (Lipinski definition) is 1. The maximum Gasteiger partial charge on any atom is -0.00305 e. The van der Waals surface area contributed by atoms with E-state index in [1.165, 1.54) is 28.5 Å². The van der Waals surface area contributed by atoms with Gasteiger partial charge >= 0.3 is 0 Å². The van der Waals surface area contributed by atoms with Crippen molar-refractivity contribution in [2.24, 2.45) is 5.73 Å². The molecule has 1 nitrogen and oxygen atoms in total. The van der Waals surface area contributed by atoms with E-state index in [1.54, 1.807) is 0 Å². The Kier molecular flexibility index (Phi) is 8.55. The Morgan fingerprint density at radius 2 is 1.68 bits per heavy atom. The van der Waals surface area contributed by atoms with Crippen LogP contribution < -0.4 is 5.73 Å². The molecule has 0 aliphatic carbocycles. The molecule has 0 heterocycles. The van der Waals surface area contributed by atoms with E-state index in [2.05, 4.69) is 93.3 Å². The van der Waals surface area contributed by atoms with E-state index in [0.717, 1.165) is 17.6 Å². The second kappa shape index (κ2) is 11.4. The van der Waals surface area contributed by atoms with Gasteiger partial charge in [0.1, 0.15) is 0 Å². The van der Waals surface area contributed by atoms with Crippen molar-refractivity contribution in [3.05, 3.63) is 138 Å². The van der Waals surface area contributed by atoms with E-state index in [1.807, 2.05) is 24.3 Å². The molecule has 0 aliphatic rings. The van der Waals surface area contributed by atoms with Gasteiger partial charge in [0.05, 0.1) is 0 Å². The van der Waals surface area contributed by atoms with Gasteiger partial charge in [0, 0.05) is 0 Å². The van der Waals surface area contributed by atoms with Gasteiger partial charge in [-0.15, -0.1) is 0 Å². The quantitative estimate of drug-likeness (QED) is 0.504. The first-order chi connectivity index (χ1) is 13.7. The third-order valence-electron chi connectivity index (χ3n) is 4.50. The molecule has 142 valence electrons. The lowest BCUT2D eigenvalue weighted by molar-refractivity contribution is 1.36. The molecule has 0 amide bonds. The molecule has 2 aromatic rings. The van der Waals surface area contributed by atoms with Gasteiger partial charge in [-0.2, -0.15) is 0 Å². The third-order valence-corrected chi connectivity index (χ3v) is 4.50. The van der Waals surface area contributed by atoms with E-state index in [4.69, 9.17) is 5.73 Å². The third kappa shape index (κ3) is 5.59. The lowest BCUT2D eigenvalue weighted by Gasteiger charge is -2.17. The fourth-order valence-electron chi connectivity index (χ4n) is 3.11. The van der Waals surface area contributed by atoms with Gasteiger partial charge in [-0.1, -0.05) is 97.6 Å². The number of nitrogens with two attached hydrogens (primary N) is 1. The molecular weight excluding hydrogens is 338 g/mol. The van der Waals surface area contributed by atoms with E-state index in [-0.39, 0.29) is 0 Å². The van der Waals surface area contributed by atoms with Crippen LogP contribution in [-0.2, 0) is 0 Å². The van der Waals surface area contributed by atoms with E-state index in [0.29, 0.717) is 0 Å². The van der Waals surface area contributed by atoms with Gasteiger partial charge in [-0.25, -0.2) is 0 Å². The van der Waals surface area contributed by atoms with Crippen molar-refractivity contribution >= 4 is 5.57 Å². The summed E-state index contributed by atoms with van der Waals surface area (Å²) in [6.45, 7) is 8.35. The van der Waals surface area contributed by atoms with Crippen LogP contribution >= 0.6 is 0 Å². The first-order valence-corrected chi connectivity index (χ1v) is 9.57. The summed E-state index contributed by atoms with van der Waals surface area (Å²) in [5.41, 5.74) is 12.5. The van der Waals surface area contributed by atoms with Crippen molar-refractivity contribution in [3.8, 4) is 0 Å². The molecular formula is C27H29N. The van der Waals surface area contributed by atoms with Crippen LogP contribution in [0.2, 0.25) is 0 Å². The molecule has 2 aromatic carbocycles. The highest BCUT2D eigenvalue weighted by Crippen LogP contribution is 2.33. The zero-order chi connectivity index (χ0) is 20.2. The largest absolute Gasteiger partial charge is 0.405 e. The highest BCUT2D eigenvalue weighted by atomic mass is 14.5. The number of benzene rings is 2. The number of allylic oxidation sites excluding steroid dienone is 9. The molecule has 0 aromatic heterocycles. The summed E-state index contributed by atoms with van der Waals surface area (Å²) in [5.74, 6) is 0. The zero-order valence-corrected chi connectivity index (χ0v) is 16.8. The van der Waals surface area contributed by atoms with E-state index in [9.17, 15) is 0 Å². The average molecular weight is 368 g/mol. The van der Waals surface area contributed by atoms with Crippen LogP contribution in [0.25, 0.3) is 5.57 Å². The zero-order valence-electron chi connectivity index (χ0n) is 16.8.